The van der Waals surface area contributed by atoms with Crippen LogP contribution in [0.2, 0.25) is 0 Å². The van der Waals surface area contributed by atoms with E-state index in [0.717, 1.165) is 44.4 Å². The van der Waals surface area contributed by atoms with Gasteiger partial charge in [-0.25, -0.2) is 4.79 Å². The Kier molecular flexibility index (Phi) is 15.2. The predicted molar refractivity (Wildman–Crippen MR) is 106 cm³/mol. The van der Waals surface area contributed by atoms with Crippen molar-refractivity contribution in [1.29, 1.82) is 0 Å². The zero-order chi connectivity index (χ0) is 18.9. The van der Waals surface area contributed by atoms with Crippen molar-refractivity contribution in [2.75, 3.05) is 0 Å². The molecule has 1 fully saturated rings. The molecule has 0 aromatic carbocycles. The molecule has 3 heteroatoms. The van der Waals surface area contributed by atoms with Crippen molar-refractivity contribution in [3.63, 3.8) is 0 Å². The van der Waals surface area contributed by atoms with E-state index in [9.17, 15) is 9.59 Å². The van der Waals surface area contributed by atoms with Crippen LogP contribution in [0, 0.1) is 11.8 Å². The molecule has 1 aliphatic rings. The van der Waals surface area contributed by atoms with Crippen LogP contribution >= 0.6 is 0 Å². The maximum atomic E-state index is 11.1. The molecular weight excluding hydrogens is 312 g/mol. The van der Waals surface area contributed by atoms with Gasteiger partial charge in [-0.15, -0.1) is 0 Å². The minimum Gasteiger partial charge on any atom is -0.478 e. The highest BCUT2D eigenvalue weighted by Gasteiger charge is 2.18. The number of carbonyl (C=O) groups is 2. The molecule has 0 saturated heterocycles. The van der Waals surface area contributed by atoms with Crippen molar-refractivity contribution in [3.05, 3.63) is 24.3 Å². The van der Waals surface area contributed by atoms with Crippen LogP contribution in [0.25, 0.3) is 0 Å². The number of carbonyl (C=O) groups excluding carboxylic acids is 1. The Balaban J connectivity index is 0.000000547. The molecule has 0 amide bonds. The van der Waals surface area contributed by atoms with E-state index in [-0.39, 0.29) is 0 Å². The molecule has 25 heavy (non-hydrogen) atoms. The first-order valence-corrected chi connectivity index (χ1v) is 10.1. The zero-order valence-corrected chi connectivity index (χ0v) is 16.5. The summed E-state index contributed by atoms with van der Waals surface area (Å²) in [5, 5.41) is 8.13. The van der Waals surface area contributed by atoms with E-state index in [1.807, 2.05) is 0 Å². The number of hydrogen-bond acceptors (Lipinski definition) is 2. The van der Waals surface area contributed by atoms with Gasteiger partial charge in [0, 0.05) is 18.9 Å². The van der Waals surface area contributed by atoms with E-state index < -0.39 is 5.97 Å². The van der Waals surface area contributed by atoms with E-state index in [1.54, 1.807) is 6.08 Å². The summed E-state index contributed by atoms with van der Waals surface area (Å²) in [6, 6.07) is 0. The lowest BCUT2D eigenvalue weighted by Crippen LogP contribution is -1.94. The molecule has 1 saturated carbocycles. The quantitative estimate of drug-likeness (QED) is 0.269. The average molecular weight is 351 g/mol. The van der Waals surface area contributed by atoms with Gasteiger partial charge in [-0.2, -0.15) is 0 Å². The molecule has 0 heterocycles. The summed E-state index contributed by atoms with van der Waals surface area (Å²) in [5.41, 5.74) is 0. The summed E-state index contributed by atoms with van der Waals surface area (Å²) in [6.07, 6.45) is 19.7. The van der Waals surface area contributed by atoms with Crippen LogP contribution in [0.1, 0.15) is 91.4 Å². The number of carboxylic acids is 1. The van der Waals surface area contributed by atoms with Gasteiger partial charge in [-0.1, -0.05) is 71.1 Å². The third kappa shape index (κ3) is 15.9. The third-order valence-electron chi connectivity index (χ3n) is 4.55. The van der Waals surface area contributed by atoms with Gasteiger partial charge >= 0.3 is 5.97 Å². The highest BCUT2D eigenvalue weighted by Crippen LogP contribution is 2.23. The second kappa shape index (κ2) is 16.1. The topological polar surface area (TPSA) is 54.4 Å². The van der Waals surface area contributed by atoms with Gasteiger partial charge in [0.1, 0.15) is 5.78 Å². The van der Waals surface area contributed by atoms with E-state index in [1.165, 1.54) is 38.2 Å². The Morgan fingerprint density at radius 3 is 2.44 bits per heavy atom. The molecule has 1 aliphatic carbocycles. The molecule has 1 N–H and O–H groups in total. The van der Waals surface area contributed by atoms with E-state index in [4.69, 9.17) is 5.11 Å². The van der Waals surface area contributed by atoms with Crippen molar-refractivity contribution in [3.8, 4) is 0 Å². The lowest BCUT2D eigenvalue weighted by molar-refractivity contribution is -0.131. The van der Waals surface area contributed by atoms with Gasteiger partial charge in [-0.3, -0.25) is 4.79 Å². The summed E-state index contributed by atoms with van der Waals surface area (Å²) in [4.78, 5) is 21.0. The molecule has 0 aromatic rings. The lowest BCUT2D eigenvalue weighted by atomic mass is 9.98. The molecule has 144 valence electrons. The summed E-state index contributed by atoms with van der Waals surface area (Å²) in [5.74, 6) is 1.00. The molecule has 2 atom stereocenters. The number of allylic oxidation sites excluding steroid dienone is 3. The third-order valence-corrected chi connectivity index (χ3v) is 4.55. The van der Waals surface area contributed by atoms with E-state index in [2.05, 4.69) is 32.9 Å². The second-order valence-electron chi connectivity index (χ2n) is 7.18. The molecular formula is C22H38O3. The number of unbranched alkanes of at least 4 members (excludes halogenated alkanes) is 3. The minimum absolute atomic E-state index is 0.450. The number of ketones is 1. The molecule has 0 radical (unpaired) electrons. The molecule has 0 aliphatic heterocycles. The maximum absolute atomic E-state index is 11.1. The molecule has 0 spiro atoms. The number of aliphatic carboxylic acids is 1. The smallest absolute Gasteiger partial charge is 0.327 e. The first kappa shape index (κ1) is 23.6. The minimum atomic E-state index is -0.855. The Labute approximate surface area is 154 Å². The molecule has 1 unspecified atom stereocenters. The zero-order valence-electron chi connectivity index (χ0n) is 16.5. The second-order valence-corrected chi connectivity index (χ2v) is 7.18. The number of rotatable bonds is 11. The first-order valence-electron chi connectivity index (χ1n) is 10.1. The average Bonchev–Trinajstić information content (AvgIpc) is 2.99. The highest BCUT2D eigenvalue weighted by atomic mass is 16.4. The molecule has 0 bridgehead atoms. The van der Waals surface area contributed by atoms with Crippen LogP contribution in [0.15, 0.2) is 24.3 Å². The fourth-order valence-corrected chi connectivity index (χ4v) is 2.88. The summed E-state index contributed by atoms with van der Waals surface area (Å²) in [7, 11) is 0. The van der Waals surface area contributed by atoms with Gasteiger partial charge in [0.2, 0.25) is 0 Å². The van der Waals surface area contributed by atoms with Gasteiger partial charge in [0.05, 0.1) is 0 Å². The van der Waals surface area contributed by atoms with Crippen LogP contribution in [-0.2, 0) is 9.59 Å². The molecule has 1 rings (SSSR count). The van der Waals surface area contributed by atoms with E-state index >= 15 is 0 Å². The summed E-state index contributed by atoms with van der Waals surface area (Å²) in [6.45, 7) is 6.68. The van der Waals surface area contributed by atoms with Crippen molar-refractivity contribution in [2.24, 2.45) is 11.8 Å². The summed E-state index contributed by atoms with van der Waals surface area (Å²) < 4.78 is 0. The number of carboxylic acid groups (broad SMARTS) is 1. The maximum Gasteiger partial charge on any atom is 0.327 e. The SMILES string of the molecule is CCCC/C=C/C(=O)O.CCCC[C@H](C)CC/C=C/C1CCC(=O)C1. The predicted octanol–water partition coefficient (Wildman–Crippen LogP) is 6.34. The molecule has 0 aromatic heterocycles. The fourth-order valence-electron chi connectivity index (χ4n) is 2.88. The highest BCUT2D eigenvalue weighted by molar-refractivity contribution is 5.81. The van der Waals surface area contributed by atoms with Gasteiger partial charge in [0.15, 0.2) is 0 Å². The van der Waals surface area contributed by atoms with Crippen LogP contribution in [0.3, 0.4) is 0 Å². The Morgan fingerprint density at radius 2 is 1.88 bits per heavy atom. The van der Waals surface area contributed by atoms with Crippen LogP contribution in [0.5, 0.6) is 0 Å². The molecule has 3 nitrogen and oxygen atoms in total. The van der Waals surface area contributed by atoms with Crippen LogP contribution in [0.4, 0.5) is 0 Å². The standard InChI is InChI=1S/C15H26O.C7H12O2/c1-3-4-7-13(2)8-5-6-9-14-10-11-15(16)12-14;1-2-3-4-5-6-7(8)9/h6,9,13-14H,3-5,7-8,10-12H2,1-2H3;5-6H,2-4H2,1H3,(H,8,9)/b9-6+;6-5+/t13-,14?;/m0./s1. The Morgan fingerprint density at radius 1 is 1.16 bits per heavy atom. The van der Waals surface area contributed by atoms with Gasteiger partial charge in [0.25, 0.3) is 0 Å². The normalized spacial score (nSPS) is 18.5. The van der Waals surface area contributed by atoms with Crippen molar-refractivity contribution >= 4 is 11.8 Å². The van der Waals surface area contributed by atoms with Gasteiger partial charge in [-0.05, 0) is 37.5 Å². The largest absolute Gasteiger partial charge is 0.478 e. The van der Waals surface area contributed by atoms with Crippen molar-refractivity contribution in [2.45, 2.75) is 91.4 Å². The number of hydrogen-bond donors (Lipinski definition) is 1. The van der Waals surface area contributed by atoms with Crippen molar-refractivity contribution in [1.82, 2.24) is 0 Å². The summed E-state index contributed by atoms with van der Waals surface area (Å²) >= 11 is 0. The first-order chi connectivity index (χ1) is 12.0. The monoisotopic (exact) mass is 350 g/mol. The van der Waals surface area contributed by atoms with Gasteiger partial charge < -0.3 is 5.11 Å². The Hall–Kier alpha value is -1.38. The Bertz CT molecular complexity index is 409. The fraction of sp³-hybridized carbons (Fsp3) is 0.727. The number of Topliss-reactive ketones (excluding diaryl/α,β-unsaturated/α-hetero) is 1. The van der Waals surface area contributed by atoms with Crippen LogP contribution in [-0.4, -0.2) is 16.9 Å². The van der Waals surface area contributed by atoms with Crippen LogP contribution < -0.4 is 0 Å². The van der Waals surface area contributed by atoms with Crippen molar-refractivity contribution < 1.29 is 14.7 Å². The van der Waals surface area contributed by atoms with E-state index in [0.29, 0.717) is 11.7 Å². The lowest BCUT2D eigenvalue weighted by Gasteiger charge is -2.08.